The minimum Gasteiger partial charge on any atom is -0.466 e. The summed E-state index contributed by atoms with van der Waals surface area (Å²) in [7, 11) is 1.39. The van der Waals surface area contributed by atoms with Crippen LogP contribution in [0.1, 0.15) is 40.4 Å². The van der Waals surface area contributed by atoms with Crippen molar-refractivity contribution in [2.24, 2.45) is 0 Å². The summed E-state index contributed by atoms with van der Waals surface area (Å²) < 4.78 is 4.70. The Kier molecular flexibility index (Phi) is 6.09. The van der Waals surface area contributed by atoms with Crippen molar-refractivity contribution in [3.63, 3.8) is 0 Å². The molecule has 1 aliphatic rings. The van der Waals surface area contributed by atoms with E-state index in [0.717, 1.165) is 43.6 Å². The summed E-state index contributed by atoms with van der Waals surface area (Å²) in [5.74, 6) is -0.337. The third-order valence-electron chi connectivity index (χ3n) is 6.54. The van der Waals surface area contributed by atoms with Gasteiger partial charge in [0.25, 0.3) is 0 Å². The van der Waals surface area contributed by atoms with Crippen LogP contribution in [0.3, 0.4) is 0 Å². The first-order chi connectivity index (χ1) is 16.2. The summed E-state index contributed by atoms with van der Waals surface area (Å²) in [6.45, 7) is 1.78. The molecule has 6 nitrogen and oxygen atoms in total. The van der Waals surface area contributed by atoms with Gasteiger partial charge in [0.05, 0.1) is 13.4 Å². The van der Waals surface area contributed by atoms with E-state index in [2.05, 4.69) is 68.5 Å². The molecule has 6 heteroatoms. The van der Waals surface area contributed by atoms with Crippen LogP contribution in [-0.4, -0.2) is 39.5 Å². The molecule has 4 aromatic rings. The van der Waals surface area contributed by atoms with Gasteiger partial charge in [-0.25, -0.2) is 9.78 Å². The lowest BCUT2D eigenvalue weighted by atomic mass is 10.0. The fourth-order valence-electron chi connectivity index (χ4n) is 4.87. The molecule has 2 aromatic carbocycles. The standard InChI is InChI=1S/C27H28N4O2/c1-33-27(32)11-7-19-6-9-24-20(14-19)8-10-26(24)31(17-22-16-28-18-30-22)13-12-21-15-29-25-5-3-2-4-23(21)25/h2-7,9,11,14-16,18,26,29H,8,10,12-13,17H2,1H3,(H,28,30)/b11-7+. The second-order valence-corrected chi connectivity index (χ2v) is 8.53. The Morgan fingerprint density at radius 3 is 3.00 bits per heavy atom. The largest absolute Gasteiger partial charge is 0.466 e. The molecule has 2 heterocycles. The zero-order valence-corrected chi connectivity index (χ0v) is 18.8. The molecule has 2 aromatic heterocycles. The summed E-state index contributed by atoms with van der Waals surface area (Å²) in [4.78, 5) is 24.9. The number of ether oxygens (including phenoxy) is 1. The number of imidazole rings is 1. The first kappa shape index (κ1) is 21.2. The van der Waals surface area contributed by atoms with Crippen LogP contribution in [0.5, 0.6) is 0 Å². The number of aromatic amines is 2. The lowest BCUT2D eigenvalue weighted by Crippen LogP contribution is -2.29. The van der Waals surface area contributed by atoms with E-state index in [0.29, 0.717) is 6.04 Å². The minimum atomic E-state index is -0.337. The average Bonchev–Trinajstić information content (AvgIpc) is 3.60. The number of hydrogen-bond acceptors (Lipinski definition) is 4. The van der Waals surface area contributed by atoms with Gasteiger partial charge in [-0.3, -0.25) is 4.90 Å². The second-order valence-electron chi connectivity index (χ2n) is 8.53. The predicted octanol–water partition coefficient (Wildman–Crippen LogP) is 4.81. The normalized spacial score (nSPS) is 15.5. The molecular weight excluding hydrogens is 412 g/mol. The number of carbonyl (C=O) groups excluding carboxylic acids is 1. The van der Waals surface area contributed by atoms with E-state index in [4.69, 9.17) is 4.74 Å². The summed E-state index contributed by atoms with van der Waals surface area (Å²) in [6.07, 6.45) is 12.2. The first-order valence-electron chi connectivity index (χ1n) is 11.4. The molecule has 1 atom stereocenters. The smallest absolute Gasteiger partial charge is 0.330 e. The van der Waals surface area contributed by atoms with E-state index in [1.165, 1.54) is 40.8 Å². The molecule has 2 N–H and O–H groups in total. The Morgan fingerprint density at radius 2 is 2.15 bits per heavy atom. The van der Waals surface area contributed by atoms with Gasteiger partial charge in [-0.1, -0.05) is 36.4 Å². The fourth-order valence-corrected chi connectivity index (χ4v) is 4.87. The third kappa shape index (κ3) is 4.61. The third-order valence-corrected chi connectivity index (χ3v) is 6.54. The highest BCUT2D eigenvalue weighted by Gasteiger charge is 2.28. The van der Waals surface area contributed by atoms with Crippen LogP contribution in [0.4, 0.5) is 0 Å². The van der Waals surface area contributed by atoms with Gasteiger partial charge in [0.15, 0.2) is 0 Å². The van der Waals surface area contributed by atoms with Crippen molar-refractivity contribution in [1.82, 2.24) is 19.9 Å². The Balaban J connectivity index is 1.37. The van der Waals surface area contributed by atoms with Gasteiger partial charge in [0.1, 0.15) is 0 Å². The van der Waals surface area contributed by atoms with E-state index in [1.54, 1.807) is 6.33 Å². The summed E-state index contributed by atoms with van der Waals surface area (Å²) in [6, 6.07) is 15.3. The highest BCUT2D eigenvalue weighted by molar-refractivity contribution is 5.87. The number of rotatable bonds is 8. The average molecular weight is 441 g/mol. The zero-order chi connectivity index (χ0) is 22.6. The number of hydrogen-bond donors (Lipinski definition) is 2. The van der Waals surface area contributed by atoms with E-state index < -0.39 is 0 Å². The highest BCUT2D eigenvalue weighted by atomic mass is 16.5. The molecule has 1 unspecified atom stereocenters. The Hall–Kier alpha value is -3.64. The number of benzene rings is 2. The molecule has 0 fully saturated rings. The number of carbonyl (C=O) groups is 1. The molecule has 168 valence electrons. The maximum absolute atomic E-state index is 11.4. The van der Waals surface area contributed by atoms with Crippen molar-refractivity contribution >= 4 is 22.9 Å². The molecule has 0 amide bonds. The quantitative estimate of drug-likeness (QED) is 0.305. The van der Waals surface area contributed by atoms with Crippen molar-refractivity contribution in [2.75, 3.05) is 13.7 Å². The van der Waals surface area contributed by atoms with Crippen LogP contribution in [0, 0.1) is 0 Å². The highest BCUT2D eigenvalue weighted by Crippen LogP contribution is 2.37. The van der Waals surface area contributed by atoms with Crippen LogP contribution < -0.4 is 0 Å². The number of nitrogens with one attached hydrogen (secondary N) is 2. The molecule has 0 saturated heterocycles. The minimum absolute atomic E-state index is 0.337. The molecule has 0 saturated carbocycles. The second kappa shape index (κ2) is 9.46. The molecule has 33 heavy (non-hydrogen) atoms. The monoisotopic (exact) mass is 440 g/mol. The number of nitrogens with zero attached hydrogens (tertiary/aromatic N) is 2. The topological polar surface area (TPSA) is 74.0 Å². The van der Waals surface area contributed by atoms with Gasteiger partial charge < -0.3 is 14.7 Å². The molecule has 0 bridgehead atoms. The number of para-hydroxylation sites is 1. The maximum atomic E-state index is 11.4. The molecule has 0 spiro atoms. The van der Waals surface area contributed by atoms with Crippen molar-refractivity contribution < 1.29 is 9.53 Å². The van der Waals surface area contributed by atoms with Crippen LogP contribution in [0.15, 0.2) is 67.3 Å². The number of aromatic nitrogens is 3. The van der Waals surface area contributed by atoms with Gasteiger partial charge in [-0.2, -0.15) is 0 Å². The molecule has 0 aliphatic heterocycles. The molecular formula is C27H28N4O2. The van der Waals surface area contributed by atoms with E-state index in [9.17, 15) is 4.79 Å². The van der Waals surface area contributed by atoms with Gasteiger partial charge >= 0.3 is 5.97 Å². The van der Waals surface area contributed by atoms with Gasteiger partial charge in [-0.15, -0.1) is 0 Å². The van der Waals surface area contributed by atoms with E-state index in [-0.39, 0.29) is 5.97 Å². The van der Waals surface area contributed by atoms with Crippen molar-refractivity contribution in [1.29, 1.82) is 0 Å². The number of fused-ring (bicyclic) bond motifs is 2. The summed E-state index contributed by atoms with van der Waals surface area (Å²) in [5, 5.41) is 1.30. The van der Waals surface area contributed by atoms with Crippen molar-refractivity contribution in [3.8, 4) is 0 Å². The number of esters is 1. The van der Waals surface area contributed by atoms with Gasteiger partial charge in [0.2, 0.25) is 0 Å². The summed E-state index contributed by atoms with van der Waals surface area (Å²) in [5.41, 5.74) is 7.42. The predicted molar refractivity (Wildman–Crippen MR) is 130 cm³/mol. The van der Waals surface area contributed by atoms with Gasteiger partial charge in [0, 0.05) is 54.2 Å². The van der Waals surface area contributed by atoms with Crippen LogP contribution in [0.2, 0.25) is 0 Å². The molecule has 1 aliphatic carbocycles. The Labute approximate surface area is 193 Å². The lowest BCUT2D eigenvalue weighted by molar-refractivity contribution is -0.134. The molecule has 0 radical (unpaired) electrons. The van der Waals surface area contributed by atoms with Crippen molar-refractivity contribution in [2.45, 2.75) is 31.8 Å². The summed E-state index contributed by atoms with van der Waals surface area (Å²) >= 11 is 0. The lowest BCUT2D eigenvalue weighted by Gasteiger charge is -2.29. The first-order valence-corrected chi connectivity index (χ1v) is 11.4. The number of aryl methyl sites for hydroxylation is 1. The Morgan fingerprint density at radius 1 is 1.24 bits per heavy atom. The SMILES string of the molecule is COC(=O)/C=C/c1ccc2c(c1)CCC2N(CCc1c[nH]c2ccccc12)Cc1cnc[nH]1. The van der Waals surface area contributed by atoms with Crippen LogP contribution >= 0.6 is 0 Å². The van der Waals surface area contributed by atoms with Crippen LogP contribution in [-0.2, 0) is 28.9 Å². The number of H-pyrrole nitrogens is 2. The number of methoxy groups -OCH3 is 1. The van der Waals surface area contributed by atoms with E-state index in [1.807, 2.05) is 12.3 Å². The van der Waals surface area contributed by atoms with Gasteiger partial charge in [-0.05, 0) is 53.7 Å². The Bertz CT molecular complexity index is 1270. The van der Waals surface area contributed by atoms with Crippen LogP contribution in [0.25, 0.3) is 17.0 Å². The zero-order valence-electron chi connectivity index (χ0n) is 18.8. The van der Waals surface area contributed by atoms with E-state index >= 15 is 0 Å². The van der Waals surface area contributed by atoms with Crippen molar-refractivity contribution in [3.05, 3.63) is 95.2 Å². The maximum Gasteiger partial charge on any atom is 0.330 e. The fraction of sp³-hybridized carbons (Fsp3) is 0.259. The molecule has 5 rings (SSSR count).